The van der Waals surface area contributed by atoms with Crippen molar-refractivity contribution in [3.63, 3.8) is 0 Å². The van der Waals surface area contributed by atoms with Gasteiger partial charge in [0, 0.05) is 25.3 Å². The zero-order valence-electron chi connectivity index (χ0n) is 11.6. The molecule has 0 radical (unpaired) electrons. The number of hydrogen-bond donors (Lipinski definition) is 1. The number of nitro benzene ring substituents is 1. The molecule has 0 aliphatic heterocycles. The smallest absolute Gasteiger partial charge is 0.280 e. The number of anilines is 1. The minimum Gasteiger partial charge on any atom is -0.393 e. The highest BCUT2D eigenvalue weighted by Crippen LogP contribution is 2.30. The summed E-state index contributed by atoms with van der Waals surface area (Å²) in [6, 6.07) is 4.59. The van der Waals surface area contributed by atoms with Crippen molar-refractivity contribution in [2.75, 3.05) is 18.5 Å². The fourth-order valence-corrected chi connectivity index (χ4v) is 2.54. The lowest BCUT2D eigenvalue weighted by molar-refractivity contribution is -0.385. The Bertz CT molecular complexity index is 538. The fraction of sp³-hybridized carbons (Fsp3) is 0.500. The molecule has 6 nitrogen and oxygen atoms in total. The van der Waals surface area contributed by atoms with Crippen LogP contribution in [0.2, 0.25) is 0 Å². The van der Waals surface area contributed by atoms with Gasteiger partial charge in [0.2, 0.25) is 0 Å². The highest BCUT2D eigenvalue weighted by molar-refractivity contribution is 5.99. The van der Waals surface area contributed by atoms with Crippen LogP contribution in [0.25, 0.3) is 0 Å². The average molecular weight is 278 g/mol. The first-order valence-electron chi connectivity index (χ1n) is 6.57. The summed E-state index contributed by atoms with van der Waals surface area (Å²) in [5.41, 5.74) is 0.754. The van der Waals surface area contributed by atoms with Crippen LogP contribution >= 0.6 is 0 Å². The summed E-state index contributed by atoms with van der Waals surface area (Å²) in [6.45, 7) is 2.10. The molecule has 0 spiro atoms. The molecule has 1 saturated carbocycles. The van der Waals surface area contributed by atoms with E-state index in [1.165, 1.54) is 13.0 Å². The van der Waals surface area contributed by atoms with E-state index in [0.29, 0.717) is 5.92 Å². The number of aliphatic hydroxyl groups is 1. The van der Waals surface area contributed by atoms with Gasteiger partial charge in [-0.1, -0.05) is 0 Å². The topological polar surface area (TPSA) is 83.7 Å². The summed E-state index contributed by atoms with van der Waals surface area (Å²) < 4.78 is 0. The minimum absolute atomic E-state index is 0.132. The maximum Gasteiger partial charge on any atom is 0.280 e. The van der Waals surface area contributed by atoms with E-state index < -0.39 is 4.92 Å². The predicted octanol–water partition coefficient (Wildman–Crippen LogP) is 2.00. The van der Waals surface area contributed by atoms with Gasteiger partial charge in [0.25, 0.3) is 5.69 Å². The molecule has 0 unspecified atom stereocenters. The monoisotopic (exact) mass is 278 g/mol. The van der Waals surface area contributed by atoms with Gasteiger partial charge in [-0.3, -0.25) is 14.9 Å². The fourth-order valence-electron chi connectivity index (χ4n) is 2.54. The SMILES string of the molecule is CC(=O)c1cc(N(C)CC2CC(O)C2)ccc1[N+](=O)[O-]. The molecule has 0 heterocycles. The number of ketones is 1. The molecule has 20 heavy (non-hydrogen) atoms. The average Bonchev–Trinajstić information content (AvgIpc) is 2.35. The van der Waals surface area contributed by atoms with Crippen LogP contribution in [0.1, 0.15) is 30.1 Å². The van der Waals surface area contributed by atoms with Crippen LogP contribution in [0.3, 0.4) is 0 Å². The third-order valence-corrected chi connectivity index (χ3v) is 3.74. The zero-order valence-corrected chi connectivity index (χ0v) is 11.6. The molecule has 6 heteroatoms. The summed E-state index contributed by atoms with van der Waals surface area (Å²) in [5.74, 6) is 0.122. The normalized spacial score (nSPS) is 21.1. The van der Waals surface area contributed by atoms with Crippen LogP contribution in [-0.2, 0) is 0 Å². The van der Waals surface area contributed by atoms with E-state index in [0.717, 1.165) is 25.1 Å². The van der Waals surface area contributed by atoms with Crippen molar-refractivity contribution in [3.05, 3.63) is 33.9 Å². The van der Waals surface area contributed by atoms with Crippen molar-refractivity contribution in [2.45, 2.75) is 25.9 Å². The Balaban J connectivity index is 2.17. The highest BCUT2D eigenvalue weighted by Gasteiger charge is 2.28. The molecule has 108 valence electrons. The Morgan fingerprint density at radius 1 is 1.50 bits per heavy atom. The van der Waals surface area contributed by atoms with E-state index in [-0.39, 0.29) is 23.1 Å². The molecule has 1 aromatic carbocycles. The third kappa shape index (κ3) is 2.96. The summed E-state index contributed by atoms with van der Waals surface area (Å²) in [5, 5.41) is 20.2. The van der Waals surface area contributed by atoms with Gasteiger partial charge >= 0.3 is 0 Å². The van der Waals surface area contributed by atoms with Gasteiger partial charge in [-0.25, -0.2) is 0 Å². The lowest BCUT2D eigenvalue weighted by Gasteiger charge is -2.35. The standard InChI is InChI=1S/C14H18N2O4/c1-9(17)13-7-11(3-4-14(13)16(19)20)15(2)8-10-5-12(18)6-10/h3-4,7,10,12,18H,5-6,8H2,1-2H3. The molecule has 0 saturated heterocycles. The quantitative estimate of drug-likeness (QED) is 0.506. The first kappa shape index (κ1) is 14.5. The molecule has 0 aromatic heterocycles. The van der Waals surface area contributed by atoms with Crippen LogP contribution in [-0.4, -0.2) is 35.5 Å². The second-order valence-electron chi connectivity index (χ2n) is 5.39. The Morgan fingerprint density at radius 3 is 2.65 bits per heavy atom. The number of carbonyl (C=O) groups is 1. The van der Waals surface area contributed by atoms with Crippen molar-refractivity contribution < 1.29 is 14.8 Å². The molecule has 1 N–H and O–H groups in total. The van der Waals surface area contributed by atoms with E-state index in [1.807, 2.05) is 11.9 Å². The molecule has 1 aromatic rings. The number of rotatable bonds is 5. The molecule has 0 atom stereocenters. The molecule has 2 rings (SSSR count). The van der Waals surface area contributed by atoms with Crippen LogP contribution < -0.4 is 4.90 Å². The zero-order chi connectivity index (χ0) is 14.9. The van der Waals surface area contributed by atoms with E-state index in [9.17, 15) is 20.0 Å². The van der Waals surface area contributed by atoms with Crippen molar-refractivity contribution in [1.29, 1.82) is 0 Å². The summed E-state index contributed by atoms with van der Waals surface area (Å²) in [7, 11) is 1.88. The van der Waals surface area contributed by atoms with Crippen LogP contribution in [0, 0.1) is 16.0 Å². The van der Waals surface area contributed by atoms with Crippen molar-refractivity contribution >= 4 is 17.2 Å². The van der Waals surface area contributed by atoms with Crippen LogP contribution in [0.5, 0.6) is 0 Å². The van der Waals surface area contributed by atoms with Crippen molar-refractivity contribution in [2.24, 2.45) is 5.92 Å². The lowest BCUT2D eigenvalue weighted by Crippen LogP contribution is -2.37. The van der Waals surface area contributed by atoms with Crippen LogP contribution in [0.15, 0.2) is 18.2 Å². The van der Waals surface area contributed by atoms with Gasteiger partial charge in [-0.05, 0) is 37.8 Å². The van der Waals surface area contributed by atoms with E-state index >= 15 is 0 Å². The second-order valence-corrected chi connectivity index (χ2v) is 5.39. The first-order valence-corrected chi connectivity index (χ1v) is 6.57. The highest BCUT2D eigenvalue weighted by atomic mass is 16.6. The molecule has 1 aliphatic rings. The Hall–Kier alpha value is -1.95. The summed E-state index contributed by atoms with van der Waals surface area (Å²) in [6.07, 6.45) is 1.38. The predicted molar refractivity (Wildman–Crippen MR) is 75.1 cm³/mol. The molecular weight excluding hydrogens is 260 g/mol. The number of benzene rings is 1. The number of Topliss-reactive ketones (excluding diaryl/α,β-unsaturated/α-hetero) is 1. The second kappa shape index (κ2) is 5.58. The van der Waals surface area contributed by atoms with Gasteiger partial charge in [0.1, 0.15) is 0 Å². The van der Waals surface area contributed by atoms with Crippen molar-refractivity contribution in [1.82, 2.24) is 0 Å². The van der Waals surface area contributed by atoms with Gasteiger partial charge in [-0.2, -0.15) is 0 Å². The van der Waals surface area contributed by atoms with E-state index in [2.05, 4.69) is 0 Å². The van der Waals surface area contributed by atoms with Gasteiger partial charge < -0.3 is 10.0 Å². The van der Waals surface area contributed by atoms with Gasteiger partial charge in [0.05, 0.1) is 16.6 Å². The summed E-state index contributed by atoms with van der Waals surface area (Å²) in [4.78, 5) is 23.8. The molecule has 1 aliphatic carbocycles. The number of aliphatic hydroxyl groups excluding tert-OH is 1. The van der Waals surface area contributed by atoms with Gasteiger partial charge in [0.15, 0.2) is 5.78 Å². The molecule has 1 fully saturated rings. The lowest BCUT2D eigenvalue weighted by atomic mass is 9.82. The number of nitrogens with zero attached hydrogens (tertiary/aromatic N) is 2. The maximum absolute atomic E-state index is 11.5. The Labute approximate surface area is 117 Å². The number of nitro groups is 1. The Morgan fingerprint density at radius 2 is 2.15 bits per heavy atom. The number of hydrogen-bond acceptors (Lipinski definition) is 5. The summed E-state index contributed by atoms with van der Waals surface area (Å²) >= 11 is 0. The minimum atomic E-state index is -0.539. The molecule has 0 amide bonds. The third-order valence-electron chi connectivity index (χ3n) is 3.74. The Kier molecular flexibility index (Phi) is 4.04. The van der Waals surface area contributed by atoms with E-state index in [1.54, 1.807) is 12.1 Å². The number of carbonyl (C=O) groups excluding carboxylic acids is 1. The van der Waals surface area contributed by atoms with Gasteiger partial charge in [-0.15, -0.1) is 0 Å². The molecular formula is C14H18N2O4. The van der Waals surface area contributed by atoms with Crippen molar-refractivity contribution in [3.8, 4) is 0 Å². The van der Waals surface area contributed by atoms with E-state index in [4.69, 9.17) is 0 Å². The first-order chi connectivity index (χ1) is 9.38. The maximum atomic E-state index is 11.5. The largest absolute Gasteiger partial charge is 0.393 e. The molecule has 0 bridgehead atoms. The van der Waals surface area contributed by atoms with Crippen LogP contribution in [0.4, 0.5) is 11.4 Å².